The van der Waals surface area contributed by atoms with Crippen molar-refractivity contribution in [3.63, 3.8) is 0 Å². The van der Waals surface area contributed by atoms with Crippen molar-refractivity contribution in [3.05, 3.63) is 59.7 Å². The number of carbonyl (C=O) groups excluding carboxylic acids is 3. The summed E-state index contributed by atoms with van der Waals surface area (Å²) in [5.74, 6) is -0.633. The van der Waals surface area contributed by atoms with E-state index < -0.39 is 18.0 Å². The van der Waals surface area contributed by atoms with E-state index in [9.17, 15) is 14.4 Å². The topological polar surface area (TPSA) is 81.7 Å². The van der Waals surface area contributed by atoms with E-state index in [1.807, 2.05) is 18.2 Å². The molecular formula is C23H27NO5. The van der Waals surface area contributed by atoms with E-state index in [0.29, 0.717) is 17.0 Å². The molecule has 1 N–H and O–H groups in total. The summed E-state index contributed by atoms with van der Waals surface area (Å²) >= 11 is 0. The smallest absolute Gasteiger partial charge is 0.344 e. The third-order valence-electron chi connectivity index (χ3n) is 4.25. The number of rotatable bonds is 7. The van der Waals surface area contributed by atoms with Gasteiger partial charge in [-0.05, 0) is 43.0 Å². The molecule has 29 heavy (non-hydrogen) atoms. The standard InChI is InChI=1S/C23H27NO5/c1-15(25)17-9-8-10-18(13-17)24-22(27)16(2)29-21(26)14-28-20-12-7-6-11-19(20)23(3,4)5/h6-13,16H,14H2,1-5H3,(H,24,27)/t16-/m1/s1. The normalized spacial score (nSPS) is 12.0. The second-order valence-electron chi connectivity index (χ2n) is 7.79. The van der Waals surface area contributed by atoms with E-state index in [2.05, 4.69) is 26.1 Å². The first-order chi connectivity index (χ1) is 13.6. The number of benzene rings is 2. The molecule has 0 aliphatic heterocycles. The van der Waals surface area contributed by atoms with Crippen LogP contribution in [-0.4, -0.2) is 30.4 Å². The van der Waals surface area contributed by atoms with E-state index in [0.717, 1.165) is 5.56 Å². The van der Waals surface area contributed by atoms with Crippen molar-refractivity contribution in [2.24, 2.45) is 0 Å². The maximum absolute atomic E-state index is 12.3. The maximum atomic E-state index is 12.3. The Morgan fingerprint density at radius 1 is 1.03 bits per heavy atom. The number of ether oxygens (including phenoxy) is 2. The summed E-state index contributed by atoms with van der Waals surface area (Å²) in [5, 5.41) is 2.64. The number of nitrogens with one attached hydrogen (secondary N) is 1. The number of carbonyl (C=O) groups is 3. The van der Waals surface area contributed by atoms with Gasteiger partial charge in [-0.1, -0.05) is 51.1 Å². The molecule has 0 aromatic heterocycles. The van der Waals surface area contributed by atoms with Gasteiger partial charge in [-0.2, -0.15) is 0 Å². The lowest BCUT2D eigenvalue weighted by molar-refractivity contribution is -0.155. The predicted molar refractivity (Wildman–Crippen MR) is 111 cm³/mol. The Morgan fingerprint density at radius 3 is 2.38 bits per heavy atom. The molecule has 1 amide bonds. The minimum absolute atomic E-state index is 0.103. The lowest BCUT2D eigenvalue weighted by atomic mass is 9.86. The Morgan fingerprint density at radius 2 is 1.72 bits per heavy atom. The van der Waals surface area contributed by atoms with Gasteiger partial charge in [-0.15, -0.1) is 0 Å². The van der Waals surface area contributed by atoms with Crippen LogP contribution in [0.25, 0.3) is 0 Å². The van der Waals surface area contributed by atoms with Crippen LogP contribution in [0.1, 0.15) is 50.5 Å². The third kappa shape index (κ3) is 6.45. The van der Waals surface area contributed by atoms with Gasteiger partial charge in [0.25, 0.3) is 5.91 Å². The van der Waals surface area contributed by atoms with Crippen molar-refractivity contribution >= 4 is 23.3 Å². The monoisotopic (exact) mass is 397 g/mol. The number of Topliss-reactive ketones (excluding diaryl/α,β-unsaturated/α-hetero) is 1. The summed E-state index contributed by atoms with van der Waals surface area (Å²) in [4.78, 5) is 35.8. The van der Waals surface area contributed by atoms with Crippen LogP contribution in [0.2, 0.25) is 0 Å². The Labute approximate surface area is 171 Å². The van der Waals surface area contributed by atoms with E-state index >= 15 is 0 Å². The highest BCUT2D eigenvalue weighted by Crippen LogP contribution is 2.30. The minimum atomic E-state index is -1.01. The van der Waals surface area contributed by atoms with Crippen LogP contribution in [-0.2, 0) is 19.7 Å². The Hall–Kier alpha value is -3.15. The Balaban J connectivity index is 1.92. The first kappa shape index (κ1) is 22.1. The molecule has 0 spiro atoms. The lowest BCUT2D eigenvalue weighted by Gasteiger charge is -2.22. The Kier molecular flexibility index (Phi) is 7.15. The van der Waals surface area contributed by atoms with Crippen molar-refractivity contribution in [1.29, 1.82) is 0 Å². The molecule has 154 valence electrons. The van der Waals surface area contributed by atoms with Gasteiger partial charge in [0, 0.05) is 11.3 Å². The van der Waals surface area contributed by atoms with Crippen molar-refractivity contribution in [3.8, 4) is 5.75 Å². The number of anilines is 1. The van der Waals surface area contributed by atoms with Crippen molar-refractivity contribution in [1.82, 2.24) is 0 Å². The quantitative estimate of drug-likeness (QED) is 0.561. The molecule has 6 nitrogen and oxygen atoms in total. The van der Waals surface area contributed by atoms with Gasteiger partial charge in [0.05, 0.1) is 0 Å². The summed E-state index contributed by atoms with van der Waals surface area (Å²) in [7, 11) is 0. The van der Waals surface area contributed by atoms with Crippen molar-refractivity contribution in [2.45, 2.75) is 46.1 Å². The molecule has 0 saturated carbocycles. The summed E-state index contributed by atoms with van der Waals surface area (Å²) < 4.78 is 10.8. The highest BCUT2D eigenvalue weighted by Gasteiger charge is 2.21. The average Bonchev–Trinajstić information content (AvgIpc) is 2.66. The molecule has 2 rings (SSSR count). The number of ketones is 1. The molecule has 2 aromatic rings. The molecule has 0 aliphatic rings. The molecule has 0 radical (unpaired) electrons. The van der Waals surface area contributed by atoms with E-state index in [-0.39, 0.29) is 17.8 Å². The third-order valence-corrected chi connectivity index (χ3v) is 4.25. The van der Waals surface area contributed by atoms with Crippen LogP contribution in [0.5, 0.6) is 5.75 Å². The van der Waals surface area contributed by atoms with Gasteiger partial charge in [0.15, 0.2) is 18.5 Å². The molecule has 0 fully saturated rings. The number of hydrogen-bond donors (Lipinski definition) is 1. The zero-order chi connectivity index (χ0) is 21.6. The molecule has 1 atom stereocenters. The molecule has 0 heterocycles. The highest BCUT2D eigenvalue weighted by molar-refractivity contribution is 5.98. The van der Waals surface area contributed by atoms with Crippen LogP contribution >= 0.6 is 0 Å². The minimum Gasteiger partial charge on any atom is -0.482 e. The van der Waals surface area contributed by atoms with Crippen LogP contribution < -0.4 is 10.1 Å². The van der Waals surface area contributed by atoms with E-state index in [1.165, 1.54) is 13.8 Å². The zero-order valence-corrected chi connectivity index (χ0v) is 17.4. The van der Waals surface area contributed by atoms with Crippen LogP contribution in [0.3, 0.4) is 0 Å². The molecular weight excluding hydrogens is 370 g/mol. The second-order valence-corrected chi connectivity index (χ2v) is 7.79. The molecule has 6 heteroatoms. The zero-order valence-electron chi connectivity index (χ0n) is 17.4. The van der Waals surface area contributed by atoms with Gasteiger partial charge in [-0.25, -0.2) is 4.79 Å². The van der Waals surface area contributed by atoms with Gasteiger partial charge in [0.1, 0.15) is 5.75 Å². The van der Waals surface area contributed by atoms with Gasteiger partial charge >= 0.3 is 5.97 Å². The number of para-hydroxylation sites is 1. The highest BCUT2D eigenvalue weighted by atomic mass is 16.6. The first-order valence-corrected chi connectivity index (χ1v) is 9.41. The number of esters is 1. The van der Waals surface area contributed by atoms with Gasteiger partial charge in [0.2, 0.25) is 0 Å². The van der Waals surface area contributed by atoms with Crippen molar-refractivity contribution < 1.29 is 23.9 Å². The predicted octanol–water partition coefficient (Wildman–Crippen LogP) is 4.14. The fraction of sp³-hybridized carbons (Fsp3) is 0.348. The summed E-state index contributed by atoms with van der Waals surface area (Å²) in [6.07, 6.45) is -1.01. The fourth-order valence-electron chi connectivity index (χ4n) is 2.69. The van der Waals surface area contributed by atoms with E-state index in [4.69, 9.17) is 9.47 Å². The van der Waals surface area contributed by atoms with Gasteiger partial charge in [-0.3, -0.25) is 9.59 Å². The van der Waals surface area contributed by atoms with Gasteiger partial charge < -0.3 is 14.8 Å². The maximum Gasteiger partial charge on any atom is 0.344 e. The molecule has 0 bridgehead atoms. The van der Waals surface area contributed by atoms with Crippen LogP contribution in [0.15, 0.2) is 48.5 Å². The molecule has 0 saturated heterocycles. The SMILES string of the molecule is CC(=O)c1cccc(NC(=O)[C@@H](C)OC(=O)COc2ccccc2C(C)(C)C)c1. The summed E-state index contributed by atoms with van der Waals surface area (Å²) in [5.41, 5.74) is 1.78. The number of hydrogen-bond acceptors (Lipinski definition) is 5. The molecule has 0 unspecified atom stereocenters. The van der Waals surface area contributed by atoms with Crippen molar-refractivity contribution in [2.75, 3.05) is 11.9 Å². The lowest BCUT2D eigenvalue weighted by Crippen LogP contribution is -2.31. The first-order valence-electron chi connectivity index (χ1n) is 9.41. The van der Waals surface area contributed by atoms with Crippen LogP contribution in [0, 0.1) is 0 Å². The molecule has 0 aliphatic carbocycles. The number of amides is 1. The average molecular weight is 397 g/mol. The van der Waals surface area contributed by atoms with E-state index in [1.54, 1.807) is 30.3 Å². The second kappa shape index (κ2) is 9.37. The fourth-order valence-corrected chi connectivity index (χ4v) is 2.69. The summed E-state index contributed by atoms with van der Waals surface area (Å²) in [6, 6.07) is 14.1. The summed E-state index contributed by atoms with van der Waals surface area (Å²) in [6.45, 7) is 8.79. The largest absolute Gasteiger partial charge is 0.482 e. The van der Waals surface area contributed by atoms with Crippen LogP contribution in [0.4, 0.5) is 5.69 Å². The molecule has 2 aromatic carbocycles. The Bertz CT molecular complexity index is 898.